The van der Waals surface area contributed by atoms with Gasteiger partial charge in [0.2, 0.25) is 0 Å². The summed E-state index contributed by atoms with van der Waals surface area (Å²) in [5.74, 6) is 0.735. The molecule has 0 aliphatic carbocycles. The summed E-state index contributed by atoms with van der Waals surface area (Å²) in [6, 6.07) is 9.38. The molecule has 1 rings (SSSR count). The van der Waals surface area contributed by atoms with E-state index in [1.165, 1.54) is 36.8 Å². The van der Waals surface area contributed by atoms with Crippen molar-refractivity contribution in [2.24, 2.45) is 0 Å². The molecule has 0 heterocycles. The van der Waals surface area contributed by atoms with Gasteiger partial charge >= 0.3 is 0 Å². The van der Waals surface area contributed by atoms with E-state index in [1.54, 1.807) is 0 Å². The predicted molar refractivity (Wildman–Crippen MR) is 77.7 cm³/mol. The summed E-state index contributed by atoms with van der Waals surface area (Å²) in [7, 11) is 0. The van der Waals surface area contributed by atoms with Gasteiger partial charge in [-0.05, 0) is 48.1 Å². The Labute approximate surface area is 107 Å². The van der Waals surface area contributed by atoms with Gasteiger partial charge in [-0.25, -0.2) is 0 Å². The molecule has 0 N–H and O–H groups in total. The van der Waals surface area contributed by atoms with Gasteiger partial charge in [-0.1, -0.05) is 58.9 Å². The minimum Gasteiger partial charge on any atom is -0.0648 e. The van der Waals surface area contributed by atoms with E-state index in [2.05, 4.69) is 58.9 Å². The first-order chi connectivity index (χ1) is 8.11. The van der Waals surface area contributed by atoms with E-state index >= 15 is 0 Å². The second kappa shape index (κ2) is 6.23. The zero-order valence-electron chi connectivity index (χ0n) is 12.2. The molecule has 0 radical (unpaired) electrons. The molecule has 0 unspecified atom stereocenters. The molecule has 0 bridgehead atoms. The smallest absolute Gasteiger partial charge is 0.00805 e. The van der Waals surface area contributed by atoms with Crippen LogP contribution in [0.15, 0.2) is 24.3 Å². The molecule has 0 saturated heterocycles. The zero-order chi connectivity index (χ0) is 12.9. The lowest BCUT2D eigenvalue weighted by molar-refractivity contribution is 0.438. The Hall–Kier alpha value is -0.780. The van der Waals surface area contributed by atoms with E-state index < -0.39 is 0 Å². The summed E-state index contributed by atoms with van der Waals surface area (Å²) in [4.78, 5) is 0. The summed E-state index contributed by atoms with van der Waals surface area (Å²) in [5, 5.41) is 0. The average molecular weight is 232 g/mol. The average Bonchev–Trinajstić information content (AvgIpc) is 2.40. The fraction of sp³-hybridized carbons (Fsp3) is 0.647. The van der Waals surface area contributed by atoms with Crippen molar-refractivity contribution in [3.05, 3.63) is 35.4 Å². The molecule has 1 aromatic rings. The van der Waals surface area contributed by atoms with Gasteiger partial charge in [-0.2, -0.15) is 0 Å². The van der Waals surface area contributed by atoms with Gasteiger partial charge in [0.1, 0.15) is 0 Å². The molecule has 0 amide bonds. The van der Waals surface area contributed by atoms with Crippen LogP contribution in [0.25, 0.3) is 0 Å². The third kappa shape index (κ3) is 3.12. The molecule has 0 fully saturated rings. The molecule has 0 atom stereocenters. The van der Waals surface area contributed by atoms with Gasteiger partial charge in [0.25, 0.3) is 0 Å². The van der Waals surface area contributed by atoms with Crippen molar-refractivity contribution < 1.29 is 0 Å². The molecule has 96 valence electrons. The standard InChI is InChI=1S/C17H28/c1-6-14(7-2)15-10-12-16(13-11-15)17(5,8-3)9-4/h10-14H,6-9H2,1-5H3. The quantitative estimate of drug-likeness (QED) is 0.593. The van der Waals surface area contributed by atoms with Crippen molar-refractivity contribution in [3.8, 4) is 0 Å². The molecular formula is C17H28. The van der Waals surface area contributed by atoms with E-state index in [0.29, 0.717) is 5.41 Å². The second-order valence-corrected chi connectivity index (χ2v) is 5.40. The molecule has 0 aliphatic heterocycles. The van der Waals surface area contributed by atoms with Crippen LogP contribution in [0.1, 0.15) is 77.3 Å². The van der Waals surface area contributed by atoms with Crippen LogP contribution < -0.4 is 0 Å². The lowest BCUT2D eigenvalue weighted by Gasteiger charge is -2.28. The summed E-state index contributed by atoms with van der Waals surface area (Å²) < 4.78 is 0. The Morgan fingerprint density at radius 1 is 0.882 bits per heavy atom. The molecule has 1 aromatic carbocycles. The highest BCUT2D eigenvalue weighted by Gasteiger charge is 2.22. The fourth-order valence-corrected chi connectivity index (χ4v) is 2.58. The Morgan fingerprint density at radius 2 is 1.35 bits per heavy atom. The van der Waals surface area contributed by atoms with Crippen LogP contribution in [0, 0.1) is 0 Å². The van der Waals surface area contributed by atoms with Gasteiger partial charge in [0.05, 0.1) is 0 Å². The highest BCUT2D eigenvalue weighted by Crippen LogP contribution is 2.32. The minimum absolute atomic E-state index is 0.354. The van der Waals surface area contributed by atoms with Crippen LogP contribution in [0.2, 0.25) is 0 Å². The largest absolute Gasteiger partial charge is 0.0648 e. The Morgan fingerprint density at radius 3 is 1.71 bits per heavy atom. The Balaban J connectivity index is 2.94. The molecular weight excluding hydrogens is 204 g/mol. The first-order valence-electron chi connectivity index (χ1n) is 7.21. The maximum absolute atomic E-state index is 2.37. The van der Waals surface area contributed by atoms with E-state index in [0.717, 1.165) is 5.92 Å². The van der Waals surface area contributed by atoms with Crippen molar-refractivity contribution in [2.45, 2.75) is 71.6 Å². The first kappa shape index (κ1) is 14.3. The molecule has 0 spiro atoms. The van der Waals surface area contributed by atoms with E-state index in [9.17, 15) is 0 Å². The third-order valence-electron chi connectivity index (χ3n) is 4.63. The summed E-state index contributed by atoms with van der Waals surface area (Å²) in [6.45, 7) is 11.5. The molecule has 0 nitrogen and oxygen atoms in total. The highest BCUT2D eigenvalue weighted by atomic mass is 14.3. The molecule has 17 heavy (non-hydrogen) atoms. The molecule has 0 aliphatic rings. The topological polar surface area (TPSA) is 0 Å². The predicted octanol–water partition coefficient (Wildman–Crippen LogP) is 5.67. The molecule has 0 saturated carbocycles. The number of hydrogen-bond acceptors (Lipinski definition) is 0. The number of benzene rings is 1. The maximum atomic E-state index is 2.37. The van der Waals surface area contributed by atoms with Crippen LogP contribution in [-0.4, -0.2) is 0 Å². The van der Waals surface area contributed by atoms with Crippen molar-refractivity contribution in [3.63, 3.8) is 0 Å². The van der Waals surface area contributed by atoms with Crippen molar-refractivity contribution in [1.29, 1.82) is 0 Å². The first-order valence-corrected chi connectivity index (χ1v) is 7.21. The molecule has 0 aromatic heterocycles. The lowest BCUT2D eigenvalue weighted by Crippen LogP contribution is -2.19. The van der Waals surface area contributed by atoms with Crippen LogP contribution in [0.5, 0.6) is 0 Å². The monoisotopic (exact) mass is 232 g/mol. The van der Waals surface area contributed by atoms with Crippen LogP contribution in [0.4, 0.5) is 0 Å². The Kier molecular flexibility index (Phi) is 5.24. The minimum atomic E-state index is 0.354. The summed E-state index contributed by atoms with van der Waals surface area (Å²) in [5.41, 5.74) is 3.36. The zero-order valence-corrected chi connectivity index (χ0v) is 12.2. The van der Waals surface area contributed by atoms with Crippen LogP contribution >= 0.6 is 0 Å². The van der Waals surface area contributed by atoms with Gasteiger partial charge in [0.15, 0.2) is 0 Å². The van der Waals surface area contributed by atoms with Gasteiger partial charge in [-0.3, -0.25) is 0 Å². The maximum Gasteiger partial charge on any atom is -0.00805 e. The van der Waals surface area contributed by atoms with Gasteiger partial charge in [-0.15, -0.1) is 0 Å². The van der Waals surface area contributed by atoms with Crippen LogP contribution in [0.3, 0.4) is 0 Å². The van der Waals surface area contributed by atoms with E-state index in [4.69, 9.17) is 0 Å². The summed E-state index contributed by atoms with van der Waals surface area (Å²) in [6.07, 6.45) is 4.92. The van der Waals surface area contributed by atoms with Gasteiger partial charge in [0, 0.05) is 0 Å². The van der Waals surface area contributed by atoms with Crippen molar-refractivity contribution in [2.75, 3.05) is 0 Å². The highest BCUT2D eigenvalue weighted by molar-refractivity contribution is 5.30. The van der Waals surface area contributed by atoms with E-state index in [1.807, 2.05) is 0 Å². The SMILES string of the molecule is CCC(CC)c1ccc(C(C)(CC)CC)cc1. The van der Waals surface area contributed by atoms with E-state index in [-0.39, 0.29) is 0 Å². The van der Waals surface area contributed by atoms with Crippen molar-refractivity contribution in [1.82, 2.24) is 0 Å². The van der Waals surface area contributed by atoms with Gasteiger partial charge < -0.3 is 0 Å². The second-order valence-electron chi connectivity index (χ2n) is 5.40. The number of hydrogen-bond donors (Lipinski definition) is 0. The summed E-state index contributed by atoms with van der Waals surface area (Å²) >= 11 is 0. The molecule has 0 heteroatoms. The number of rotatable bonds is 6. The fourth-order valence-electron chi connectivity index (χ4n) is 2.58. The third-order valence-corrected chi connectivity index (χ3v) is 4.63. The van der Waals surface area contributed by atoms with Crippen LogP contribution in [-0.2, 0) is 5.41 Å². The Bertz CT molecular complexity index is 312. The lowest BCUT2D eigenvalue weighted by atomic mass is 9.77. The normalized spacial score (nSPS) is 12.1. The van der Waals surface area contributed by atoms with Crippen molar-refractivity contribution >= 4 is 0 Å².